The molecular formula is C14H19NOS. The topological polar surface area (TPSA) is 33.1 Å². The van der Waals surface area contributed by atoms with Gasteiger partial charge in [0.2, 0.25) is 0 Å². The highest BCUT2D eigenvalue weighted by Gasteiger charge is 2.22. The maximum Gasteiger partial charge on any atom is 0.0943 e. The lowest BCUT2D eigenvalue weighted by Gasteiger charge is -2.24. The first-order chi connectivity index (χ1) is 7.96. The van der Waals surface area contributed by atoms with Crippen LogP contribution in [-0.4, -0.2) is 16.2 Å². The van der Waals surface area contributed by atoms with Crippen LogP contribution in [0.15, 0.2) is 24.3 Å². The van der Waals surface area contributed by atoms with E-state index < -0.39 is 0 Å². The summed E-state index contributed by atoms with van der Waals surface area (Å²) in [6.07, 6.45) is 1.49. The summed E-state index contributed by atoms with van der Waals surface area (Å²) in [5.74, 6) is 0. The first-order valence-electron chi connectivity index (χ1n) is 5.99. The summed E-state index contributed by atoms with van der Waals surface area (Å²) in [5.41, 5.74) is 1.18. The van der Waals surface area contributed by atoms with Crippen molar-refractivity contribution >= 4 is 21.6 Å². The van der Waals surface area contributed by atoms with Gasteiger partial charge in [-0.3, -0.25) is 0 Å². The molecule has 0 radical (unpaired) electrons. The first-order valence-corrected chi connectivity index (χ1v) is 6.80. The highest BCUT2D eigenvalue weighted by atomic mass is 32.1. The van der Waals surface area contributed by atoms with E-state index in [4.69, 9.17) is 0 Å². The van der Waals surface area contributed by atoms with Crippen molar-refractivity contribution in [2.75, 3.05) is 0 Å². The average Bonchev–Trinajstić information content (AvgIpc) is 2.55. The molecule has 0 fully saturated rings. The van der Waals surface area contributed by atoms with E-state index in [2.05, 4.69) is 31.0 Å². The molecule has 17 heavy (non-hydrogen) atoms. The number of benzene rings is 1. The molecule has 1 aromatic heterocycles. The molecule has 0 bridgehead atoms. The lowest BCUT2D eigenvalue weighted by Crippen LogP contribution is -2.20. The first kappa shape index (κ1) is 12.5. The zero-order chi connectivity index (χ0) is 12.5. The molecule has 0 amide bonds. The zero-order valence-electron chi connectivity index (χ0n) is 10.6. The molecule has 3 heteroatoms. The summed E-state index contributed by atoms with van der Waals surface area (Å²) in [4.78, 5) is 4.64. The smallest absolute Gasteiger partial charge is 0.0943 e. The van der Waals surface area contributed by atoms with Crippen LogP contribution in [0.25, 0.3) is 10.2 Å². The number of aliphatic hydroxyl groups is 1. The van der Waals surface area contributed by atoms with E-state index in [1.54, 1.807) is 11.3 Å². The fourth-order valence-electron chi connectivity index (χ4n) is 2.28. The quantitative estimate of drug-likeness (QED) is 0.897. The number of aliphatic hydroxyl groups excluding tert-OH is 1. The van der Waals surface area contributed by atoms with E-state index >= 15 is 0 Å². The van der Waals surface area contributed by atoms with Gasteiger partial charge in [-0.2, -0.15) is 0 Å². The van der Waals surface area contributed by atoms with Gasteiger partial charge in [0.1, 0.15) is 0 Å². The average molecular weight is 249 g/mol. The predicted octanol–water partition coefficient (Wildman–Crippen LogP) is 3.64. The Morgan fingerprint density at radius 1 is 1.35 bits per heavy atom. The second-order valence-electron chi connectivity index (χ2n) is 5.47. The molecule has 1 atom stereocenters. The van der Waals surface area contributed by atoms with Gasteiger partial charge in [0.15, 0.2) is 0 Å². The maximum absolute atomic E-state index is 9.49. The second-order valence-corrected chi connectivity index (χ2v) is 6.58. The minimum Gasteiger partial charge on any atom is -0.393 e. The van der Waals surface area contributed by atoms with E-state index in [0.29, 0.717) is 0 Å². The number of nitrogens with zero attached hydrogens (tertiary/aromatic N) is 1. The molecule has 1 aromatic carbocycles. The summed E-state index contributed by atoms with van der Waals surface area (Å²) < 4.78 is 1.25. The van der Waals surface area contributed by atoms with Crippen molar-refractivity contribution in [2.45, 2.75) is 39.7 Å². The largest absolute Gasteiger partial charge is 0.393 e. The minimum atomic E-state index is -0.251. The Bertz CT molecular complexity index is 469. The van der Waals surface area contributed by atoms with Crippen molar-refractivity contribution < 1.29 is 5.11 Å². The van der Waals surface area contributed by atoms with Crippen molar-refractivity contribution in [3.63, 3.8) is 0 Å². The van der Waals surface area contributed by atoms with Gasteiger partial charge < -0.3 is 5.11 Å². The van der Waals surface area contributed by atoms with Gasteiger partial charge in [-0.15, -0.1) is 11.3 Å². The van der Waals surface area contributed by atoms with Crippen LogP contribution in [0.5, 0.6) is 0 Å². The van der Waals surface area contributed by atoms with Crippen LogP contribution in [0.1, 0.15) is 32.2 Å². The van der Waals surface area contributed by atoms with Crippen molar-refractivity contribution in [3.8, 4) is 0 Å². The van der Waals surface area contributed by atoms with Gasteiger partial charge in [-0.05, 0) is 30.9 Å². The molecular weight excluding hydrogens is 230 g/mol. The number of rotatable bonds is 4. The van der Waals surface area contributed by atoms with Crippen molar-refractivity contribution in [1.82, 2.24) is 4.98 Å². The molecule has 0 saturated heterocycles. The third kappa shape index (κ3) is 3.27. The minimum absolute atomic E-state index is 0.0992. The maximum atomic E-state index is 9.49. The van der Waals surface area contributed by atoms with E-state index in [1.165, 1.54) is 4.70 Å². The van der Waals surface area contributed by atoms with Crippen LogP contribution < -0.4 is 0 Å². The molecule has 2 aromatic rings. The van der Waals surface area contributed by atoms with Crippen LogP contribution in [0.3, 0.4) is 0 Å². The van der Waals surface area contributed by atoms with Gasteiger partial charge in [0.05, 0.1) is 21.3 Å². The SMILES string of the molecule is CC(O)CC(C)(C)Cc1nc2ccccc2s1. The van der Waals surface area contributed by atoms with Gasteiger partial charge in [0, 0.05) is 6.42 Å². The van der Waals surface area contributed by atoms with E-state index in [1.807, 2.05) is 19.1 Å². The lowest BCUT2D eigenvalue weighted by atomic mass is 9.84. The van der Waals surface area contributed by atoms with Gasteiger partial charge in [0.25, 0.3) is 0 Å². The van der Waals surface area contributed by atoms with Gasteiger partial charge in [-0.25, -0.2) is 4.98 Å². The van der Waals surface area contributed by atoms with E-state index in [9.17, 15) is 5.11 Å². The molecule has 92 valence electrons. The van der Waals surface area contributed by atoms with Crippen LogP contribution in [0, 0.1) is 5.41 Å². The Kier molecular flexibility index (Phi) is 3.50. The van der Waals surface area contributed by atoms with E-state index in [-0.39, 0.29) is 11.5 Å². The number of thiazole rings is 1. The zero-order valence-corrected chi connectivity index (χ0v) is 11.4. The summed E-state index contributed by atoms with van der Waals surface area (Å²) in [5, 5.41) is 10.7. The number of para-hydroxylation sites is 1. The Morgan fingerprint density at radius 3 is 2.71 bits per heavy atom. The fourth-order valence-corrected chi connectivity index (χ4v) is 3.50. The third-order valence-corrected chi connectivity index (χ3v) is 3.85. The fraction of sp³-hybridized carbons (Fsp3) is 0.500. The van der Waals surface area contributed by atoms with Crippen molar-refractivity contribution in [3.05, 3.63) is 29.3 Å². The number of aromatic nitrogens is 1. The molecule has 1 unspecified atom stereocenters. The summed E-state index contributed by atoms with van der Waals surface area (Å²) in [7, 11) is 0. The Hall–Kier alpha value is -0.930. The molecule has 0 aliphatic heterocycles. The monoisotopic (exact) mass is 249 g/mol. The summed E-state index contributed by atoms with van der Waals surface area (Å²) in [6.45, 7) is 6.22. The van der Waals surface area contributed by atoms with Gasteiger partial charge >= 0.3 is 0 Å². The Morgan fingerprint density at radius 2 is 2.06 bits per heavy atom. The molecule has 1 N–H and O–H groups in total. The van der Waals surface area contributed by atoms with E-state index in [0.717, 1.165) is 23.4 Å². The Labute approximate surface area is 106 Å². The van der Waals surface area contributed by atoms with Crippen molar-refractivity contribution in [1.29, 1.82) is 0 Å². The molecule has 2 rings (SSSR count). The van der Waals surface area contributed by atoms with Crippen molar-refractivity contribution in [2.24, 2.45) is 5.41 Å². The van der Waals surface area contributed by atoms with Gasteiger partial charge in [-0.1, -0.05) is 26.0 Å². The predicted molar refractivity (Wildman–Crippen MR) is 73.4 cm³/mol. The highest BCUT2D eigenvalue weighted by molar-refractivity contribution is 7.18. The molecule has 2 nitrogen and oxygen atoms in total. The summed E-state index contributed by atoms with van der Waals surface area (Å²) >= 11 is 1.76. The number of fused-ring (bicyclic) bond motifs is 1. The standard InChI is InChI=1S/C14H19NOS/c1-10(16)8-14(2,3)9-13-15-11-6-4-5-7-12(11)17-13/h4-7,10,16H,8-9H2,1-3H3. The molecule has 0 aliphatic carbocycles. The lowest BCUT2D eigenvalue weighted by molar-refractivity contribution is 0.129. The third-order valence-electron chi connectivity index (χ3n) is 2.82. The van der Waals surface area contributed by atoms with Crippen LogP contribution in [0.4, 0.5) is 0 Å². The molecule has 0 aliphatic rings. The number of hydrogen-bond acceptors (Lipinski definition) is 3. The normalized spacial score (nSPS) is 14.1. The number of hydrogen-bond donors (Lipinski definition) is 1. The second kappa shape index (κ2) is 4.75. The Balaban J connectivity index is 2.18. The van der Waals surface area contributed by atoms with Crippen LogP contribution >= 0.6 is 11.3 Å². The highest BCUT2D eigenvalue weighted by Crippen LogP contribution is 2.31. The van der Waals surface area contributed by atoms with Crippen LogP contribution in [0.2, 0.25) is 0 Å². The molecule has 0 spiro atoms. The molecule has 0 saturated carbocycles. The summed E-state index contributed by atoms with van der Waals surface area (Å²) in [6, 6.07) is 8.23. The molecule has 1 heterocycles. The van der Waals surface area contributed by atoms with Crippen LogP contribution in [-0.2, 0) is 6.42 Å².